The second-order valence-electron chi connectivity index (χ2n) is 10.3. The molecule has 0 aliphatic rings. The third kappa shape index (κ3) is 6.06. The maximum Gasteiger partial charge on any atom is 0.328 e. The molecule has 1 heterocycles. The smallest absolute Gasteiger partial charge is 0.328 e. The maximum atomic E-state index is 12.4. The SMILES string of the molecule is C=C(C)OC(=O)[C@@H](NCc1ccc(-c2ccccc2-c2nnn(C(C)(C)c3ccccc3)n2)cc1)C(C)C. The molecule has 196 valence electrons. The number of hydrogen-bond donors (Lipinski definition) is 1. The van der Waals surface area contributed by atoms with E-state index in [0.29, 0.717) is 18.1 Å². The summed E-state index contributed by atoms with van der Waals surface area (Å²) in [7, 11) is 0. The fourth-order valence-corrected chi connectivity index (χ4v) is 4.31. The minimum Gasteiger partial charge on any atom is -0.431 e. The lowest BCUT2D eigenvalue weighted by Gasteiger charge is -2.23. The Hall–Kier alpha value is -4.10. The van der Waals surface area contributed by atoms with Crippen molar-refractivity contribution >= 4 is 5.97 Å². The number of hydrogen-bond acceptors (Lipinski definition) is 6. The van der Waals surface area contributed by atoms with Crippen LogP contribution >= 0.6 is 0 Å². The summed E-state index contributed by atoms with van der Waals surface area (Å²) in [6, 6.07) is 26.1. The Bertz CT molecular complexity index is 1390. The van der Waals surface area contributed by atoms with Gasteiger partial charge in [-0.15, -0.1) is 10.2 Å². The first-order valence-corrected chi connectivity index (χ1v) is 12.8. The predicted octanol–water partition coefficient (Wildman–Crippen LogP) is 5.98. The average molecular weight is 510 g/mol. The summed E-state index contributed by atoms with van der Waals surface area (Å²) in [6.45, 7) is 14.0. The van der Waals surface area contributed by atoms with Gasteiger partial charge in [-0.3, -0.25) is 0 Å². The van der Waals surface area contributed by atoms with Crippen molar-refractivity contribution in [2.45, 2.75) is 52.7 Å². The van der Waals surface area contributed by atoms with Gasteiger partial charge < -0.3 is 10.1 Å². The molecule has 7 heteroatoms. The molecule has 0 amide bonds. The molecule has 4 rings (SSSR count). The van der Waals surface area contributed by atoms with Gasteiger partial charge in [0.2, 0.25) is 5.82 Å². The van der Waals surface area contributed by atoms with Crippen molar-refractivity contribution in [2.24, 2.45) is 5.92 Å². The molecule has 1 aromatic heterocycles. The zero-order chi connectivity index (χ0) is 27.3. The predicted molar refractivity (Wildman–Crippen MR) is 150 cm³/mol. The van der Waals surface area contributed by atoms with Crippen LogP contribution in [0.25, 0.3) is 22.5 Å². The van der Waals surface area contributed by atoms with Crippen LogP contribution in [-0.4, -0.2) is 32.2 Å². The Labute approximate surface area is 224 Å². The summed E-state index contributed by atoms with van der Waals surface area (Å²) in [5, 5.41) is 16.9. The number of benzene rings is 3. The lowest BCUT2D eigenvalue weighted by Crippen LogP contribution is -2.41. The molecule has 4 aromatic rings. The molecule has 0 fully saturated rings. The van der Waals surface area contributed by atoms with E-state index in [1.807, 2.05) is 50.2 Å². The molecule has 1 atom stereocenters. The van der Waals surface area contributed by atoms with Gasteiger partial charge in [0.1, 0.15) is 11.6 Å². The van der Waals surface area contributed by atoms with E-state index in [1.54, 1.807) is 11.7 Å². The van der Waals surface area contributed by atoms with Crippen molar-refractivity contribution in [1.82, 2.24) is 25.5 Å². The number of ether oxygens (including phenoxy) is 1. The van der Waals surface area contributed by atoms with Gasteiger partial charge in [0.05, 0.1) is 5.76 Å². The Morgan fingerprint density at radius 3 is 2.24 bits per heavy atom. The number of tetrazole rings is 1. The van der Waals surface area contributed by atoms with E-state index in [-0.39, 0.29) is 11.9 Å². The van der Waals surface area contributed by atoms with Gasteiger partial charge in [0, 0.05) is 12.1 Å². The molecule has 0 radical (unpaired) electrons. The van der Waals surface area contributed by atoms with Crippen molar-refractivity contribution in [2.75, 3.05) is 0 Å². The van der Waals surface area contributed by atoms with Gasteiger partial charge in [-0.1, -0.05) is 99.3 Å². The number of esters is 1. The molecule has 0 unspecified atom stereocenters. The van der Waals surface area contributed by atoms with Crippen LogP contribution < -0.4 is 5.32 Å². The molecular weight excluding hydrogens is 474 g/mol. The first kappa shape index (κ1) is 26.9. The van der Waals surface area contributed by atoms with Crippen LogP contribution in [0, 0.1) is 5.92 Å². The zero-order valence-electron chi connectivity index (χ0n) is 22.7. The third-order valence-electron chi connectivity index (χ3n) is 6.55. The van der Waals surface area contributed by atoms with Crippen LogP contribution in [0.1, 0.15) is 45.7 Å². The highest BCUT2D eigenvalue weighted by molar-refractivity contribution is 5.80. The molecule has 1 N–H and O–H groups in total. The number of aromatic nitrogens is 4. The monoisotopic (exact) mass is 509 g/mol. The molecule has 7 nitrogen and oxygen atoms in total. The molecule has 0 aliphatic carbocycles. The van der Waals surface area contributed by atoms with Crippen LogP contribution in [0.15, 0.2) is 91.2 Å². The highest BCUT2D eigenvalue weighted by atomic mass is 16.5. The van der Waals surface area contributed by atoms with E-state index in [1.165, 1.54) is 0 Å². The molecule has 0 aliphatic heterocycles. The number of rotatable bonds is 10. The summed E-state index contributed by atoms with van der Waals surface area (Å²) in [4.78, 5) is 14.1. The average Bonchev–Trinajstić information content (AvgIpc) is 3.40. The fraction of sp³-hybridized carbons (Fsp3) is 0.290. The number of nitrogens with zero attached hydrogens (tertiary/aromatic N) is 4. The van der Waals surface area contributed by atoms with Crippen LogP contribution in [0.5, 0.6) is 0 Å². The van der Waals surface area contributed by atoms with Gasteiger partial charge in [-0.05, 0) is 54.2 Å². The minimum absolute atomic E-state index is 0.0841. The minimum atomic E-state index is -0.444. The molecule has 0 saturated heterocycles. The first-order chi connectivity index (χ1) is 18.2. The second-order valence-corrected chi connectivity index (χ2v) is 10.3. The van der Waals surface area contributed by atoms with Crippen molar-refractivity contribution in [3.8, 4) is 22.5 Å². The summed E-state index contributed by atoms with van der Waals surface area (Å²) >= 11 is 0. The van der Waals surface area contributed by atoms with E-state index >= 15 is 0 Å². The van der Waals surface area contributed by atoms with Crippen LogP contribution in [0.4, 0.5) is 0 Å². The Kier molecular flexibility index (Phi) is 8.17. The zero-order valence-corrected chi connectivity index (χ0v) is 22.7. The number of allylic oxidation sites excluding steroid dienone is 1. The number of carbonyl (C=O) groups excluding carboxylic acids is 1. The highest BCUT2D eigenvalue weighted by Crippen LogP contribution is 2.31. The van der Waals surface area contributed by atoms with Gasteiger partial charge in [0.15, 0.2) is 0 Å². The summed E-state index contributed by atoms with van der Waals surface area (Å²) in [5.74, 6) is 0.740. The first-order valence-electron chi connectivity index (χ1n) is 12.8. The number of nitrogens with one attached hydrogen (secondary N) is 1. The second kappa shape index (κ2) is 11.5. The van der Waals surface area contributed by atoms with Crippen molar-refractivity contribution < 1.29 is 9.53 Å². The highest BCUT2D eigenvalue weighted by Gasteiger charge is 2.27. The summed E-state index contributed by atoms with van der Waals surface area (Å²) in [6.07, 6.45) is 0. The standard InChI is InChI=1S/C31H35N5O2/c1-21(2)28(30(37)38-22(3)4)32-20-23-16-18-24(19-17-23)26-14-10-11-15-27(26)29-33-35-36(34-29)31(5,6)25-12-8-7-9-13-25/h7-19,21,28,32H,3,20H2,1-2,4-6H3/t28-/m0/s1. The fourth-order valence-electron chi connectivity index (χ4n) is 4.31. The van der Waals surface area contributed by atoms with E-state index in [9.17, 15) is 4.79 Å². The lowest BCUT2D eigenvalue weighted by atomic mass is 9.95. The molecule has 0 spiro atoms. The van der Waals surface area contributed by atoms with E-state index < -0.39 is 11.6 Å². The van der Waals surface area contributed by atoms with Gasteiger partial charge >= 0.3 is 5.97 Å². The quantitative estimate of drug-likeness (QED) is 0.209. The summed E-state index contributed by atoms with van der Waals surface area (Å²) < 4.78 is 5.23. The molecular formula is C31H35N5O2. The third-order valence-corrected chi connectivity index (χ3v) is 6.55. The maximum absolute atomic E-state index is 12.4. The Morgan fingerprint density at radius 1 is 0.974 bits per heavy atom. The topological polar surface area (TPSA) is 81.9 Å². The number of carbonyl (C=O) groups is 1. The lowest BCUT2D eigenvalue weighted by molar-refractivity contribution is -0.143. The largest absolute Gasteiger partial charge is 0.431 e. The van der Waals surface area contributed by atoms with Crippen LogP contribution in [0.3, 0.4) is 0 Å². The molecule has 0 saturated carbocycles. The van der Waals surface area contributed by atoms with Crippen molar-refractivity contribution in [1.29, 1.82) is 0 Å². The van der Waals surface area contributed by atoms with E-state index in [0.717, 1.165) is 27.8 Å². The molecule has 38 heavy (non-hydrogen) atoms. The van der Waals surface area contributed by atoms with E-state index in [4.69, 9.17) is 9.84 Å². The normalized spacial score (nSPS) is 12.4. The van der Waals surface area contributed by atoms with Crippen molar-refractivity contribution in [3.05, 3.63) is 102 Å². The molecule has 0 bridgehead atoms. The van der Waals surface area contributed by atoms with Crippen LogP contribution in [0.2, 0.25) is 0 Å². The molecule has 3 aromatic carbocycles. The van der Waals surface area contributed by atoms with Gasteiger partial charge in [-0.2, -0.15) is 4.80 Å². The Morgan fingerprint density at radius 2 is 1.61 bits per heavy atom. The summed E-state index contributed by atoms with van der Waals surface area (Å²) in [5.41, 5.74) is 4.71. The van der Waals surface area contributed by atoms with E-state index in [2.05, 4.69) is 78.5 Å². The Balaban J connectivity index is 1.53. The van der Waals surface area contributed by atoms with Crippen LogP contribution in [-0.2, 0) is 21.6 Å². The van der Waals surface area contributed by atoms with Gasteiger partial charge in [-0.25, -0.2) is 4.79 Å². The van der Waals surface area contributed by atoms with Crippen molar-refractivity contribution in [3.63, 3.8) is 0 Å². The van der Waals surface area contributed by atoms with Gasteiger partial charge in [0.25, 0.3) is 0 Å².